The number of benzene rings is 2. The topological polar surface area (TPSA) is 80.8 Å². The summed E-state index contributed by atoms with van der Waals surface area (Å²) in [4.78, 5) is 24.8. The minimum absolute atomic E-state index is 0.0167. The summed E-state index contributed by atoms with van der Waals surface area (Å²) < 4.78 is 31.1. The lowest BCUT2D eigenvalue weighted by Crippen LogP contribution is -2.33. The van der Waals surface area contributed by atoms with Crippen LogP contribution in [0.1, 0.15) is 15.9 Å². The lowest BCUT2D eigenvalue weighted by Gasteiger charge is -2.17. The molecule has 2 aromatic rings. The second kappa shape index (κ2) is 6.76. The number of methoxy groups -OCH3 is 1. The highest BCUT2D eigenvalue weighted by molar-refractivity contribution is 7.89. The molecule has 0 saturated heterocycles. The van der Waals surface area contributed by atoms with Gasteiger partial charge in [0, 0.05) is 17.2 Å². The van der Waals surface area contributed by atoms with Crippen LogP contribution in [0.5, 0.6) is 5.75 Å². The molecule has 1 aliphatic rings. The molecule has 0 N–H and O–H groups in total. The first-order valence-electron chi connectivity index (χ1n) is 7.85. The van der Waals surface area contributed by atoms with Crippen molar-refractivity contribution in [3.05, 3.63) is 71.3 Å². The summed E-state index contributed by atoms with van der Waals surface area (Å²) >= 11 is 0. The number of rotatable bonds is 5. The average molecular weight is 371 g/mol. The Morgan fingerprint density at radius 3 is 2.23 bits per heavy atom. The van der Waals surface area contributed by atoms with Crippen molar-refractivity contribution in [2.75, 3.05) is 13.7 Å². The van der Waals surface area contributed by atoms with Crippen molar-refractivity contribution < 1.29 is 22.7 Å². The highest BCUT2D eigenvalue weighted by Crippen LogP contribution is 2.24. The molecule has 1 heterocycles. The van der Waals surface area contributed by atoms with Crippen LogP contribution in [0.3, 0.4) is 0 Å². The number of carbonyl (C=O) groups excluding carboxylic acids is 2. The van der Waals surface area contributed by atoms with Crippen LogP contribution in [0.4, 0.5) is 0 Å². The van der Waals surface area contributed by atoms with E-state index < -0.39 is 15.9 Å². The van der Waals surface area contributed by atoms with E-state index in [0.717, 1.165) is 11.6 Å². The number of aryl methyl sites for hydroxylation is 1. The van der Waals surface area contributed by atoms with E-state index in [-0.39, 0.29) is 22.8 Å². The fourth-order valence-electron chi connectivity index (χ4n) is 2.61. The molecule has 134 valence electrons. The van der Waals surface area contributed by atoms with E-state index in [1.165, 1.54) is 19.2 Å². The predicted molar refractivity (Wildman–Crippen MR) is 95.5 cm³/mol. The molecule has 0 bridgehead atoms. The van der Waals surface area contributed by atoms with Crippen LogP contribution in [-0.4, -0.2) is 38.1 Å². The molecular formula is C19H17NO5S. The van der Waals surface area contributed by atoms with E-state index in [1.54, 1.807) is 36.4 Å². The Morgan fingerprint density at radius 1 is 1.04 bits per heavy atom. The van der Waals surface area contributed by atoms with Crippen molar-refractivity contribution in [3.8, 4) is 5.75 Å². The van der Waals surface area contributed by atoms with Gasteiger partial charge in [-0.25, -0.2) is 12.7 Å². The van der Waals surface area contributed by atoms with Gasteiger partial charge in [0.05, 0.1) is 18.6 Å². The predicted octanol–water partition coefficient (Wildman–Crippen LogP) is 2.34. The van der Waals surface area contributed by atoms with E-state index in [2.05, 4.69) is 0 Å². The van der Waals surface area contributed by atoms with Gasteiger partial charge >= 0.3 is 0 Å². The molecule has 0 fully saturated rings. The summed E-state index contributed by atoms with van der Waals surface area (Å²) in [7, 11) is -2.49. The molecule has 0 atom stereocenters. The van der Waals surface area contributed by atoms with Gasteiger partial charge in [0.2, 0.25) is 0 Å². The molecule has 6 nitrogen and oxygen atoms in total. The normalized spacial score (nSPS) is 14.3. The van der Waals surface area contributed by atoms with Gasteiger partial charge in [-0.15, -0.1) is 0 Å². The van der Waals surface area contributed by atoms with Gasteiger partial charge in [0.1, 0.15) is 5.75 Å². The molecule has 0 saturated carbocycles. The number of hydrogen-bond donors (Lipinski definition) is 0. The third kappa shape index (κ3) is 3.25. The first-order valence-corrected chi connectivity index (χ1v) is 9.29. The van der Waals surface area contributed by atoms with Crippen molar-refractivity contribution in [3.63, 3.8) is 0 Å². The molecule has 1 aliphatic heterocycles. The van der Waals surface area contributed by atoms with Gasteiger partial charge in [-0.05, 0) is 43.3 Å². The fraction of sp³-hybridized carbons (Fsp3) is 0.158. The molecule has 0 aromatic heterocycles. The van der Waals surface area contributed by atoms with Crippen LogP contribution in [0, 0.1) is 6.92 Å². The number of nitrogens with zero attached hydrogens (tertiary/aromatic N) is 1. The summed E-state index contributed by atoms with van der Waals surface area (Å²) in [5, 5.41) is 0. The zero-order valence-electron chi connectivity index (χ0n) is 14.3. The Bertz CT molecular complexity index is 989. The van der Waals surface area contributed by atoms with Crippen molar-refractivity contribution in [2.45, 2.75) is 11.8 Å². The number of hydrogen-bond acceptors (Lipinski definition) is 5. The Hall–Kier alpha value is -2.93. The molecule has 2 aromatic carbocycles. The number of sulfonamides is 1. The number of amides is 1. The van der Waals surface area contributed by atoms with Crippen molar-refractivity contribution >= 4 is 21.7 Å². The second-order valence-corrected chi connectivity index (χ2v) is 7.75. The van der Waals surface area contributed by atoms with Crippen molar-refractivity contribution in [1.29, 1.82) is 0 Å². The van der Waals surface area contributed by atoms with Gasteiger partial charge in [0.15, 0.2) is 5.78 Å². The summed E-state index contributed by atoms with van der Waals surface area (Å²) in [5.74, 6) is -0.508. The lowest BCUT2D eigenvalue weighted by atomic mass is 10.0. The Labute approximate surface area is 151 Å². The number of carbonyl (C=O) groups is 2. The maximum atomic E-state index is 12.7. The average Bonchev–Trinajstić information content (AvgIpc) is 3.04. The lowest BCUT2D eigenvalue weighted by molar-refractivity contribution is -0.120. The molecule has 0 unspecified atom stereocenters. The number of Topliss-reactive ketones (excluding diaryl/α,β-unsaturated/α-hetero) is 1. The highest BCUT2D eigenvalue weighted by Gasteiger charge is 2.35. The fourth-order valence-corrected chi connectivity index (χ4v) is 3.94. The Kier molecular flexibility index (Phi) is 4.65. The van der Waals surface area contributed by atoms with Crippen LogP contribution >= 0.6 is 0 Å². The quantitative estimate of drug-likeness (QED) is 0.754. The van der Waals surface area contributed by atoms with Gasteiger partial charge < -0.3 is 4.74 Å². The van der Waals surface area contributed by atoms with Crippen LogP contribution in [-0.2, 0) is 14.8 Å². The first-order chi connectivity index (χ1) is 12.3. The van der Waals surface area contributed by atoms with Gasteiger partial charge in [0.25, 0.3) is 15.9 Å². The van der Waals surface area contributed by atoms with Crippen LogP contribution in [0.15, 0.2) is 65.1 Å². The third-order valence-electron chi connectivity index (χ3n) is 4.11. The summed E-state index contributed by atoms with van der Waals surface area (Å²) in [6, 6.07) is 12.6. The minimum Gasteiger partial charge on any atom is -0.497 e. The Morgan fingerprint density at radius 2 is 1.65 bits per heavy atom. The SMILES string of the molecule is COc1ccc(C(=O)C2=CC(=O)N(S(=O)(=O)c3ccc(C)cc3)C2)cc1. The molecule has 0 radical (unpaired) electrons. The highest BCUT2D eigenvalue weighted by atomic mass is 32.2. The maximum Gasteiger partial charge on any atom is 0.267 e. The van der Waals surface area contributed by atoms with Crippen molar-refractivity contribution in [2.24, 2.45) is 0 Å². The maximum absolute atomic E-state index is 12.7. The van der Waals surface area contributed by atoms with Crippen LogP contribution < -0.4 is 4.74 Å². The van der Waals surface area contributed by atoms with E-state index in [0.29, 0.717) is 15.6 Å². The minimum atomic E-state index is -4.00. The van der Waals surface area contributed by atoms with E-state index in [1.807, 2.05) is 6.92 Å². The monoisotopic (exact) mass is 371 g/mol. The van der Waals surface area contributed by atoms with E-state index in [9.17, 15) is 18.0 Å². The summed E-state index contributed by atoms with van der Waals surface area (Å²) in [5.41, 5.74) is 1.40. The van der Waals surface area contributed by atoms with Gasteiger partial charge in [-0.2, -0.15) is 0 Å². The standard InChI is InChI=1S/C19H17NO5S/c1-13-3-9-17(10-4-13)26(23,24)20-12-15(11-18(20)21)19(22)14-5-7-16(25-2)8-6-14/h3-11H,12H2,1-2H3. The zero-order chi connectivity index (χ0) is 18.9. The molecule has 0 spiro atoms. The van der Waals surface area contributed by atoms with Gasteiger partial charge in [-0.3, -0.25) is 9.59 Å². The number of ketones is 1. The van der Waals surface area contributed by atoms with Crippen molar-refractivity contribution in [1.82, 2.24) is 4.31 Å². The molecule has 26 heavy (non-hydrogen) atoms. The van der Waals surface area contributed by atoms with E-state index >= 15 is 0 Å². The van der Waals surface area contributed by atoms with Crippen LogP contribution in [0.2, 0.25) is 0 Å². The third-order valence-corrected chi connectivity index (χ3v) is 5.87. The first kappa shape index (κ1) is 17.9. The summed E-state index contributed by atoms with van der Waals surface area (Å²) in [6.45, 7) is 1.56. The summed E-state index contributed by atoms with van der Waals surface area (Å²) in [6.07, 6.45) is 1.08. The second-order valence-electron chi connectivity index (χ2n) is 5.89. The molecule has 0 aliphatic carbocycles. The largest absolute Gasteiger partial charge is 0.497 e. The zero-order valence-corrected chi connectivity index (χ0v) is 15.1. The smallest absolute Gasteiger partial charge is 0.267 e. The Balaban J connectivity index is 1.83. The molecule has 1 amide bonds. The van der Waals surface area contributed by atoms with E-state index in [4.69, 9.17) is 4.74 Å². The van der Waals surface area contributed by atoms with Crippen LogP contribution in [0.25, 0.3) is 0 Å². The molecule has 7 heteroatoms. The van der Waals surface area contributed by atoms with Gasteiger partial charge in [-0.1, -0.05) is 17.7 Å². The number of ether oxygens (including phenoxy) is 1. The molecule has 3 rings (SSSR count). The molecular weight excluding hydrogens is 354 g/mol.